The van der Waals surface area contributed by atoms with Gasteiger partial charge in [-0.1, -0.05) is 42.0 Å². The van der Waals surface area contributed by atoms with Gasteiger partial charge in [0.05, 0.1) is 13.4 Å². The van der Waals surface area contributed by atoms with Gasteiger partial charge in [-0.3, -0.25) is 4.79 Å². The van der Waals surface area contributed by atoms with Crippen LogP contribution >= 0.6 is 0 Å². The summed E-state index contributed by atoms with van der Waals surface area (Å²) in [6.45, 7) is 2.32. The molecule has 0 aliphatic heterocycles. The monoisotopic (exact) mass is 379 g/mol. The van der Waals surface area contributed by atoms with Gasteiger partial charge in [-0.15, -0.1) is 0 Å². The maximum atomic E-state index is 12.8. The Hall–Kier alpha value is -3.54. The standard InChI is InChI=1S/C22H21NO5/c1-15-5-7-16(8-6-15)14-23-21(24)20(17-9-11-18(26-2)12-10-17)28-22(25)19-4-3-13-27-19/h3-13,20H,14H2,1-2H3,(H,23,24)/t20-/m1/s1. The third-order valence-corrected chi connectivity index (χ3v) is 4.19. The van der Waals surface area contributed by atoms with Gasteiger partial charge >= 0.3 is 5.97 Å². The van der Waals surface area contributed by atoms with Crippen LogP contribution in [0.3, 0.4) is 0 Å². The van der Waals surface area contributed by atoms with Crippen LogP contribution in [0.1, 0.15) is 33.3 Å². The first-order chi connectivity index (χ1) is 13.6. The Morgan fingerprint density at radius 2 is 1.75 bits per heavy atom. The van der Waals surface area contributed by atoms with Crippen molar-refractivity contribution in [1.82, 2.24) is 5.32 Å². The van der Waals surface area contributed by atoms with Crippen molar-refractivity contribution in [3.8, 4) is 5.75 Å². The van der Waals surface area contributed by atoms with E-state index in [4.69, 9.17) is 13.9 Å². The van der Waals surface area contributed by atoms with E-state index in [9.17, 15) is 9.59 Å². The van der Waals surface area contributed by atoms with Gasteiger partial charge in [0, 0.05) is 12.1 Å². The van der Waals surface area contributed by atoms with Crippen LogP contribution in [0, 0.1) is 6.92 Å². The molecule has 0 bridgehead atoms. The molecule has 144 valence electrons. The van der Waals surface area contributed by atoms with Crippen LogP contribution in [0.4, 0.5) is 0 Å². The van der Waals surface area contributed by atoms with Gasteiger partial charge in [-0.05, 0) is 36.8 Å². The molecule has 0 saturated heterocycles. The molecular weight excluding hydrogens is 358 g/mol. The number of ether oxygens (including phenoxy) is 2. The van der Waals surface area contributed by atoms with Crippen LogP contribution in [0.2, 0.25) is 0 Å². The molecule has 0 radical (unpaired) electrons. The van der Waals surface area contributed by atoms with Gasteiger partial charge in [-0.25, -0.2) is 4.79 Å². The molecule has 0 fully saturated rings. The highest BCUT2D eigenvalue weighted by Crippen LogP contribution is 2.23. The number of rotatable bonds is 7. The first kappa shape index (κ1) is 19.2. The molecule has 1 amide bonds. The predicted octanol–water partition coefficient (Wildman–Crippen LogP) is 3.81. The Morgan fingerprint density at radius 1 is 1.04 bits per heavy atom. The lowest BCUT2D eigenvalue weighted by Crippen LogP contribution is -2.31. The summed E-state index contributed by atoms with van der Waals surface area (Å²) in [5, 5.41) is 2.82. The Balaban J connectivity index is 1.76. The molecule has 1 aromatic heterocycles. The van der Waals surface area contributed by atoms with E-state index in [2.05, 4.69) is 5.32 Å². The highest BCUT2D eigenvalue weighted by atomic mass is 16.6. The van der Waals surface area contributed by atoms with Crippen molar-refractivity contribution in [2.45, 2.75) is 19.6 Å². The fourth-order valence-electron chi connectivity index (χ4n) is 2.60. The number of hydrogen-bond donors (Lipinski definition) is 1. The molecule has 0 aliphatic carbocycles. The summed E-state index contributed by atoms with van der Waals surface area (Å²) < 4.78 is 15.6. The Bertz CT molecular complexity index is 915. The molecule has 6 heteroatoms. The zero-order chi connectivity index (χ0) is 19.9. The minimum atomic E-state index is -1.12. The molecule has 1 atom stereocenters. The number of amides is 1. The second kappa shape index (κ2) is 8.90. The van der Waals surface area contributed by atoms with E-state index in [1.807, 2.05) is 31.2 Å². The van der Waals surface area contributed by atoms with Crippen LogP contribution < -0.4 is 10.1 Å². The molecule has 0 spiro atoms. The summed E-state index contributed by atoms with van der Waals surface area (Å²) in [6, 6.07) is 17.7. The minimum absolute atomic E-state index is 0.0323. The maximum absolute atomic E-state index is 12.8. The van der Waals surface area contributed by atoms with Crippen molar-refractivity contribution < 1.29 is 23.5 Å². The second-order valence-corrected chi connectivity index (χ2v) is 6.24. The fraction of sp³-hybridized carbons (Fsp3) is 0.182. The molecule has 6 nitrogen and oxygen atoms in total. The molecule has 1 heterocycles. The zero-order valence-electron chi connectivity index (χ0n) is 15.7. The zero-order valence-corrected chi connectivity index (χ0v) is 15.7. The van der Waals surface area contributed by atoms with Gasteiger partial charge in [0.1, 0.15) is 5.75 Å². The van der Waals surface area contributed by atoms with Gasteiger partial charge in [0.2, 0.25) is 11.9 Å². The van der Waals surface area contributed by atoms with Crippen molar-refractivity contribution in [1.29, 1.82) is 0 Å². The number of aryl methyl sites for hydroxylation is 1. The predicted molar refractivity (Wildman–Crippen MR) is 103 cm³/mol. The van der Waals surface area contributed by atoms with Gasteiger partial charge < -0.3 is 19.2 Å². The average molecular weight is 379 g/mol. The van der Waals surface area contributed by atoms with Gasteiger partial charge in [0.25, 0.3) is 5.91 Å². The van der Waals surface area contributed by atoms with E-state index in [1.54, 1.807) is 37.4 Å². The number of carbonyl (C=O) groups is 2. The van der Waals surface area contributed by atoms with Crippen LogP contribution in [0.5, 0.6) is 5.75 Å². The molecular formula is C22H21NO5. The SMILES string of the molecule is COc1ccc([C@@H](OC(=O)c2ccco2)C(=O)NCc2ccc(C)cc2)cc1. The largest absolute Gasteiger partial charge is 0.497 e. The quantitative estimate of drug-likeness (QED) is 0.632. The first-order valence-electron chi connectivity index (χ1n) is 8.78. The van der Waals surface area contributed by atoms with Crippen molar-refractivity contribution in [2.75, 3.05) is 7.11 Å². The smallest absolute Gasteiger partial charge is 0.375 e. The second-order valence-electron chi connectivity index (χ2n) is 6.24. The number of esters is 1. The van der Waals surface area contributed by atoms with Crippen LogP contribution in [-0.2, 0) is 16.1 Å². The van der Waals surface area contributed by atoms with E-state index >= 15 is 0 Å². The lowest BCUT2D eigenvalue weighted by Gasteiger charge is -2.18. The molecule has 0 aliphatic rings. The third kappa shape index (κ3) is 4.79. The Morgan fingerprint density at radius 3 is 2.36 bits per heavy atom. The number of methoxy groups -OCH3 is 1. The lowest BCUT2D eigenvalue weighted by atomic mass is 10.1. The molecule has 28 heavy (non-hydrogen) atoms. The summed E-state index contributed by atoms with van der Waals surface area (Å²) in [5.41, 5.74) is 2.62. The van der Waals surface area contributed by atoms with Gasteiger partial charge in [0.15, 0.2) is 0 Å². The van der Waals surface area contributed by atoms with Crippen LogP contribution in [-0.4, -0.2) is 19.0 Å². The van der Waals surface area contributed by atoms with Crippen molar-refractivity contribution >= 4 is 11.9 Å². The van der Waals surface area contributed by atoms with E-state index in [0.717, 1.165) is 11.1 Å². The number of benzene rings is 2. The molecule has 1 N–H and O–H groups in total. The first-order valence-corrected chi connectivity index (χ1v) is 8.78. The van der Waals surface area contributed by atoms with E-state index in [-0.39, 0.29) is 5.76 Å². The number of furan rings is 1. The highest BCUT2D eigenvalue weighted by Gasteiger charge is 2.26. The molecule has 2 aromatic carbocycles. The summed E-state index contributed by atoms with van der Waals surface area (Å²) in [4.78, 5) is 25.1. The van der Waals surface area contributed by atoms with Crippen molar-refractivity contribution in [3.05, 3.63) is 89.4 Å². The Labute approximate surface area is 163 Å². The minimum Gasteiger partial charge on any atom is -0.497 e. The summed E-state index contributed by atoms with van der Waals surface area (Å²) in [5.74, 6) is -0.466. The normalized spacial score (nSPS) is 11.5. The van der Waals surface area contributed by atoms with E-state index in [1.165, 1.54) is 12.3 Å². The molecule has 0 unspecified atom stereocenters. The van der Waals surface area contributed by atoms with E-state index < -0.39 is 18.0 Å². The summed E-state index contributed by atoms with van der Waals surface area (Å²) in [6.07, 6.45) is 0.255. The summed E-state index contributed by atoms with van der Waals surface area (Å²) in [7, 11) is 1.55. The average Bonchev–Trinajstić information content (AvgIpc) is 3.26. The maximum Gasteiger partial charge on any atom is 0.375 e. The van der Waals surface area contributed by atoms with E-state index in [0.29, 0.717) is 17.9 Å². The molecule has 0 saturated carbocycles. The number of nitrogens with one attached hydrogen (secondary N) is 1. The van der Waals surface area contributed by atoms with Crippen LogP contribution in [0.25, 0.3) is 0 Å². The topological polar surface area (TPSA) is 77.8 Å². The summed E-state index contributed by atoms with van der Waals surface area (Å²) >= 11 is 0. The lowest BCUT2D eigenvalue weighted by molar-refractivity contribution is -0.130. The number of carbonyl (C=O) groups excluding carboxylic acids is 2. The van der Waals surface area contributed by atoms with Crippen molar-refractivity contribution in [3.63, 3.8) is 0 Å². The fourth-order valence-corrected chi connectivity index (χ4v) is 2.60. The molecule has 3 rings (SSSR count). The van der Waals surface area contributed by atoms with Crippen molar-refractivity contribution in [2.24, 2.45) is 0 Å². The van der Waals surface area contributed by atoms with Crippen LogP contribution in [0.15, 0.2) is 71.3 Å². The van der Waals surface area contributed by atoms with Gasteiger partial charge in [-0.2, -0.15) is 0 Å². The third-order valence-electron chi connectivity index (χ3n) is 4.19. The highest BCUT2D eigenvalue weighted by molar-refractivity contribution is 5.90. The number of hydrogen-bond acceptors (Lipinski definition) is 5. The Kier molecular flexibility index (Phi) is 6.11. The molecule has 3 aromatic rings.